The number of amides is 1. The third kappa shape index (κ3) is 4.50. The number of benzene rings is 2. The van der Waals surface area contributed by atoms with E-state index >= 15 is 0 Å². The molecule has 1 aliphatic rings. The SMILES string of the molecule is O=C(Nc1ccc2c(c1)CN(S(=O)(=O)c1cccs1)CC2)OCc1ccccc1. The van der Waals surface area contributed by atoms with Gasteiger partial charge in [0.05, 0.1) is 0 Å². The van der Waals surface area contributed by atoms with Crippen molar-refractivity contribution in [3.8, 4) is 0 Å². The number of hydrogen-bond acceptors (Lipinski definition) is 5. The van der Waals surface area contributed by atoms with Gasteiger partial charge < -0.3 is 4.74 Å². The van der Waals surface area contributed by atoms with Crippen LogP contribution in [0.2, 0.25) is 0 Å². The van der Waals surface area contributed by atoms with E-state index < -0.39 is 16.1 Å². The highest BCUT2D eigenvalue weighted by Gasteiger charge is 2.29. The molecule has 0 aliphatic carbocycles. The van der Waals surface area contributed by atoms with Gasteiger partial charge in [0.2, 0.25) is 0 Å². The Balaban J connectivity index is 1.43. The Morgan fingerprint density at radius 1 is 1.07 bits per heavy atom. The third-order valence-electron chi connectivity index (χ3n) is 4.73. The van der Waals surface area contributed by atoms with Crippen LogP contribution in [-0.2, 0) is 34.3 Å². The highest BCUT2D eigenvalue weighted by Crippen LogP contribution is 2.28. The zero-order valence-corrected chi connectivity index (χ0v) is 17.2. The molecule has 0 saturated heterocycles. The molecule has 1 amide bonds. The Kier molecular flexibility index (Phi) is 5.66. The lowest BCUT2D eigenvalue weighted by molar-refractivity contribution is 0.155. The molecule has 1 aliphatic heterocycles. The van der Waals surface area contributed by atoms with Crippen LogP contribution < -0.4 is 5.32 Å². The second kappa shape index (κ2) is 8.36. The van der Waals surface area contributed by atoms with E-state index in [4.69, 9.17) is 4.74 Å². The number of carbonyl (C=O) groups excluding carboxylic acids is 1. The average Bonchev–Trinajstić information content (AvgIpc) is 3.28. The maximum atomic E-state index is 12.8. The molecule has 0 saturated carbocycles. The highest BCUT2D eigenvalue weighted by molar-refractivity contribution is 7.91. The molecular formula is C21H20N2O4S2. The lowest BCUT2D eigenvalue weighted by atomic mass is 10.0. The number of sulfonamides is 1. The van der Waals surface area contributed by atoms with Gasteiger partial charge in [-0.2, -0.15) is 4.31 Å². The Morgan fingerprint density at radius 2 is 1.90 bits per heavy atom. The highest BCUT2D eigenvalue weighted by atomic mass is 32.2. The van der Waals surface area contributed by atoms with E-state index in [1.54, 1.807) is 17.5 Å². The first kappa shape index (κ1) is 19.6. The van der Waals surface area contributed by atoms with E-state index in [0.29, 0.717) is 22.9 Å². The monoisotopic (exact) mass is 428 g/mol. The lowest BCUT2D eigenvalue weighted by Crippen LogP contribution is -2.35. The Hall–Kier alpha value is -2.68. The van der Waals surface area contributed by atoms with Crippen molar-refractivity contribution in [1.29, 1.82) is 0 Å². The minimum Gasteiger partial charge on any atom is -0.444 e. The van der Waals surface area contributed by atoms with E-state index in [9.17, 15) is 13.2 Å². The Bertz CT molecular complexity index is 1100. The Labute approximate surface area is 173 Å². The molecule has 4 rings (SSSR count). The molecule has 0 unspecified atom stereocenters. The molecule has 2 heterocycles. The molecule has 8 heteroatoms. The number of carbonyl (C=O) groups is 1. The standard InChI is InChI=1S/C21H20N2O4S2/c24-21(27-15-16-5-2-1-3-6-16)22-19-9-8-17-10-11-23(14-18(17)13-19)29(25,26)20-7-4-12-28-20/h1-9,12-13H,10-11,14-15H2,(H,22,24). The zero-order chi connectivity index (χ0) is 20.3. The van der Waals surface area contributed by atoms with Crippen molar-refractivity contribution in [2.45, 2.75) is 23.8 Å². The summed E-state index contributed by atoms with van der Waals surface area (Å²) in [6.45, 7) is 0.910. The van der Waals surface area contributed by atoms with E-state index in [0.717, 1.165) is 16.7 Å². The second-order valence-electron chi connectivity index (χ2n) is 6.69. The van der Waals surface area contributed by atoms with Gasteiger partial charge in [-0.15, -0.1) is 11.3 Å². The van der Waals surface area contributed by atoms with Gasteiger partial charge in [0.15, 0.2) is 0 Å². The Morgan fingerprint density at radius 3 is 2.66 bits per heavy atom. The number of hydrogen-bond donors (Lipinski definition) is 1. The van der Waals surface area contributed by atoms with Gasteiger partial charge in [-0.1, -0.05) is 42.5 Å². The van der Waals surface area contributed by atoms with E-state index in [1.165, 1.54) is 15.6 Å². The molecule has 0 atom stereocenters. The summed E-state index contributed by atoms with van der Waals surface area (Å²) in [7, 11) is -3.50. The van der Waals surface area contributed by atoms with E-state index in [-0.39, 0.29) is 13.2 Å². The summed E-state index contributed by atoms with van der Waals surface area (Å²) in [5.41, 5.74) is 3.46. The van der Waals surface area contributed by atoms with Crippen LogP contribution in [0.4, 0.5) is 10.5 Å². The first-order valence-corrected chi connectivity index (χ1v) is 11.5. The van der Waals surface area contributed by atoms with Gasteiger partial charge in [-0.25, -0.2) is 13.2 Å². The molecule has 0 radical (unpaired) electrons. The molecular weight excluding hydrogens is 408 g/mol. The first-order chi connectivity index (χ1) is 14.0. The summed E-state index contributed by atoms with van der Waals surface area (Å²) in [4.78, 5) is 12.1. The molecule has 0 fully saturated rings. The van der Waals surface area contributed by atoms with Gasteiger partial charge in [-0.3, -0.25) is 5.32 Å². The van der Waals surface area contributed by atoms with Crippen LogP contribution in [0, 0.1) is 0 Å². The molecule has 0 spiro atoms. The summed E-state index contributed by atoms with van der Waals surface area (Å²) >= 11 is 1.22. The maximum absolute atomic E-state index is 12.8. The molecule has 1 aromatic heterocycles. The van der Waals surface area contributed by atoms with Crippen molar-refractivity contribution in [2.24, 2.45) is 0 Å². The van der Waals surface area contributed by atoms with Gasteiger partial charge in [0.25, 0.3) is 10.0 Å². The lowest BCUT2D eigenvalue weighted by Gasteiger charge is -2.28. The number of nitrogens with one attached hydrogen (secondary N) is 1. The van der Waals surface area contributed by atoms with Crippen LogP contribution in [0.3, 0.4) is 0 Å². The summed E-state index contributed by atoms with van der Waals surface area (Å²) in [5, 5.41) is 4.47. The molecule has 6 nitrogen and oxygen atoms in total. The number of thiophene rings is 1. The molecule has 1 N–H and O–H groups in total. The van der Waals surface area contributed by atoms with E-state index in [2.05, 4.69) is 5.32 Å². The fourth-order valence-electron chi connectivity index (χ4n) is 3.23. The molecule has 2 aromatic carbocycles. The molecule has 29 heavy (non-hydrogen) atoms. The topological polar surface area (TPSA) is 75.7 Å². The fourth-order valence-corrected chi connectivity index (χ4v) is 5.79. The minimum absolute atomic E-state index is 0.185. The zero-order valence-electron chi connectivity index (χ0n) is 15.6. The normalized spacial score (nSPS) is 14.2. The van der Waals surface area contributed by atoms with Crippen molar-refractivity contribution >= 4 is 33.1 Å². The minimum atomic E-state index is -3.50. The van der Waals surface area contributed by atoms with E-state index in [1.807, 2.05) is 48.5 Å². The third-order valence-corrected chi connectivity index (χ3v) is 7.95. The molecule has 3 aromatic rings. The smallest absolute Gasteiger partial charge is 0.411 e. The maximum Gasteiger partial charge on any atom is 0.411 e. The summed E-state index contributed by atoms with van der Waals surface area (Å²) < 4.78 is 32.7. The van der Waals surface area contributed by atoms with Crippen molar-refractivity contribution in [3.63, 3.8) is 0 Å². The van der Waals surface area contributed by atoms with Crippen LogP contribution >= 0.6 is 11.3 Å². The van der Waals surface area contributed by atoms with Crippen molar-refractivity contribution in [1.82, 2.24) is 4.31 Å². The van der Waals surface area contributed by atoms with Crippen LogP contribution in [0.1, 0.15) is 16.7 Å². The summed E-state index contributed by atoms with van der Waals surface area (Å²) in [6, 6.07) is 18.3. The quantitative estimate of drug-likeness (QED) is 0.659. The molecule has 0 bridgehead atoms. The van der Waals surface area contributed by atoms with Gasteiger partial charge in [0.1, 0.15) is 10.8 Å². The van der Waals surface area contributed by atoms with Crippen molar-refractivity contribution in [2.75, 3.05) is 11.9 Å². The second-order valence-corrected chi connectivity index (χ2v) is 9.80. The predicted octanol–water partition coefficient (Wildman–Crippen LogP) is 4.24. The predicted molar refractivity (Wildman–Crippen MR) is 112 cm³/mol. The average molecular weight is 429 g/mol. The number of ether oxygens (including phenoxy) is 1. The number of nitrogens with zero attached hydrogens (tertiary/aromatic N) is 1. The van der Waals surface area contributed by atoms with Crippen molar-refractivity contribution < 1.29 is 17.9 Å². The van der Waals surface area contributed by atoms with Gasteiger partial charge in [-0.05, 0) is 46.7 Å². The van der Waals surface area contributed by atoms with Crippen LogP contribution in [0.15, 0.2) is 70.3 Å². The number of anilines is 1. The summed E-state index contributed by atoms with van der Waals surface area (Å²) in [5.74, 6) is 0. The first-order valence-electron chi connectivity index (χ1n) is 9.15. The van der Waals surface area contributed by atoms with Crippen LogP contribution in [-0.4, -0.2) is 25.4 Å². The fraction of sp³-hybridized carbons (Fsp3) is 0.190. The van der Waals surface area contributed by atoms with Gasteiger partial charge >= 0.3 is 6.09 Å². The largest absolute Gasteiger partial charge is 0.444 e. The number of fused-ring (bicyclic) bond motifs is 1. The van der Waals surface area contributed by atoms with Crippen LogP contribution in [0.5, 0.6) is 0 Å². The van der Waals surface area contributed by atoms with Gasteiger partial charge in [0, 0.05) is 18.8 Å². The van der Waals surface area contributed by atoms with Crippen molar-refractivity contribution in [3.05, 3.63) is 82.7 Å². The summed E-state index contributed by atoms with van der Waals surface area (Å²) in [6.07, 6.45) is 0.0891. The molecule has 150 valence electrons. The number of rotatable bonds is 5. The van der Waals surface area contributed by atoms with Crippen LogP contribution in [0.25, 0.3) is 0 Å².